The second kappa shape index (κ2) is 4.82. The fourth-order valence-corrected chi connectivity index (χ4v) is 2.24. The second-order valence-corrected chi connectivity index (χ2v) is 4.39. The first-order chi connectivity index (χ1) is 7.68. The summed E-state index contributed by atoms with van der Waals surface area (Å²) in [5, 5.41) is 2.75. The van der Waals surface area contributed by atoms with Crippen LogP contribution in [0.2, 0.25) is 0 Å². The molecule has 90 valence electrons. The van der Waals surface area contributed by atoms with E-state index in [1.165, 1.54) is 0 Å². The predicted molar refractivity (Wildman–Crippen MR) is 57.8 cm³/mol. The van der Waals surface area contributed by atoms with Crippen LogP contribution in [0.3, 0.4) is 0 Å². The molecule has 2 rings (SSSR count). The lowest BCUT2D eigenvalue weighted by Crippen LogP contribution is -2.56. The smallest absolute Gasteiger partial charge is 0.242 e. The molecule has 2 unspecified atom stereocenters. The van der Waals surface area contributed by atoms with E-state index in [2.05, 4.69) is 5.32 Å². The van der Waals surface area contributed by atoms with Crippen molar-refractivity contribution in [1.29, 1.82) is 0 Å². The molecule has 0 aromatic rings. The van der Waals surface area contributed by atoms with Gasteiger partial charge in [0.05, 0.1) is 12.5 Å². The number of piperazine rings is 1. The highest BCUT2D eigenvalue weighted by Crippen LogP contribution is 2.17. The molecule has 0 saturated carbocycles. The molecule has 2 fully saturated rings. The molecular weight excluding hydrogens is 208 g/mol. The standard InChI is InChI=1S/C11H18N2O3/c1-8-11(15)12-4-5-13(8)10(14)7-9-3-2-6-16-9/h8-9H,2-7H2,1H3,(H,12,15). The van der Waals surface area contributed by atoms with Crippen molar-refractivity contribution >= 4 is 11.8 Å². The van der Waals surface area contributed by atoms with Gasteiger partial charge in [-0.3, -0.25) is 9.59 Å². The number of nitrogens with zero attached hydrogens (tertiary/aromatic N) is 1. The minimum Gasteiger partial charge on any atom is -0.378 e. The molecule has 16 heavy (non-hydrogen) atoms. The Balaban J connectivity index is 1.89. The predicted octanol–water partition coefficient (Wildman–Crippen LogP) is -0.0976. The lowest BCUT2D eigenvalue weighted by atomic mass is 10.1. The molecule has 2 saturated heterocycles. The Morgan fingerprint density at radius 2 is 2.44 bits per heavy atom. The average molecular weight is 226 g/mol. The van der Waals surface area contributed by atoms with Crippen molar-refractivity contribution in [3.8, 4) is 0 Å². The summed E-state index contributed by atoms with van der Waals surface area (Å²) < 4.78 is 5.43. The van der Waals surface area contributed by atoms with Gasteiger partial charge in [-0.05, 0) is 19.8 Å². The Bertz CT molecular complexity index is 287. The van der Waals surface area contributed by atoms with Gasteiger partial charge < -0.3 is 15.0 Å². The molecule has 5 nitrogen and oxygen atoms in total. The molecule has 2 amide bonds. The van der Waals surface area contributed by atoms with Gasteiger partial charge in [-0.25, -0.2) is 0 Å². The summed E-state index contributed by atoms with van der Waals surface area (Å²) >= 11 is 0. The van der Waals surface area contributed by atoms with E-state index >= 15 is 0 Å². The molecule has 2 aliphatic rings. The molecule has 2 aliphatic heterocycles. The summed E-state index contributed by atoms with van der Waals surface area (Å²) in [5.74, 6) is -0.0267. The summed E-state index contributed by atoms with van der Waals surface area (Å²) in [6.45, 7) is 3.69. The third-order valence-corrected chi connectivity index (χ3v) is 3.25. The molecular formula is C11H18N2O3. The average Bonchev–Trinajstić information content (AvgIpc) is 2.74. The summed E-state index contributed by atoms with van der Waals surface area (Å²) in [5.41, 5.74) is 0. The SMILES string of the molecule is CC1C(=O)NCCN1C(=O)CC1CCCO1. The van der Waals surface area contributed by atoms with E-state index in [-0.39, 0.29) is 24.0 Å². The summed E-state index contributed by atoms with van der Waals surface area (Å²) in [7, 11) is 0. The number of ether oxygens (including phenoxy) is 1. The molecule has 0 aromatic heterocycles. The van der Waals surface area contributed by atoms with Gasteiger partial charge in [0.2, 0.25) is 11.8 Å². The van der Waals surface area contributed by atoms with Gasteiger partial charge in [-0.2, -0.15) is 0 Å². The molecule has 0 aromatic carbocycles. The van der Waals surface area contributed by atoms with E-state index in [1.54, 1.807) is 11.8 Å². The van der Waals surface area contributed by atoms with Gasteiger partial charge in [0, 0.05) is 19.7 Å². The van der Waals surface area contributed by atoms with E-state index in [9.17, 15) is 9.59 Å². The fraction of sp³-hybridized carbons (Fsp3) is 0.818. The van der Waals surface area contributed by atoms with Crippen molar-refractivity contribution in [2.45, 2.75) is 38.3 Å². The minimum atomic E-state index is -0.345. The maximum absolute atomic E-state index is 12.0. The second-order valence-electron chi connectivity index (χ2n) is 4.39. The van der Waals surface area contributed by atoms with Crippen molar-refractivity contribution in [3.05, 3.63) is 0 Å². The Morgan fingerprint density at radius 3 is 3.12 bits per heavy atom. The van der Waals surface area contributed by atoms with Crippen LogP contribution in [0, 0.1) is 0 Å². The third-order valence-electron chi connectivity index (χ3n) is 3.25. The van der Waals surface area contributed by atoms with Gasteiger partial charge >= 0.3 is 0 Å². The van der Waals surface area contributed by atoms with E-state index in [0.29, 0.717) is 19.5 Å². The largest absolute Gasteiger partial charge is 0.378 e. The van der Waals surface area contributed by atoms with Gasteiger partial charge in [0.1, 0.15) is 6.04 Å². The highest BCUT2D eigenvalue weighted by molar-refractivity contribution is 5.88. The number of rotatable bonds is 2. The van der Waals surface area contributed by atoms with Gasteiger partial charge in [-0.15, -0.1) is 0 Å². The van der Waals surface area contributed by atoms with Crippen LogP contribution in [0.4, 0.5) is 0 Å². The molecule has 1 N–H and O–H groups in total. The van der Waals surface area contributed by atoms with Crippen molar-refractivity contribution in [2.75, 3.05) is 19.7 Å². The molecule has 2 heterocycles. The first-order valence-electron chi connectivity index (χ1n) is 5.87. The minimum absolute atomic E-state index is 0.0363. The van der Waals surface area contributed by atoms with Crippen LogP contribution >= 0.6 is 0 Å². The zero-order valence-corrected chi connectivity index (χ0v) is 9.57. The fourth-order valence-electron chi connectivity index (χ4n) is 2.24. The monoisotopic (exact) mass is 226 g/mol. The number of carbonyl (C=O) groups excluding carboxylic acids is 2. The maximum Gasteiger partial charge on any atom is 0.242 e. The molecule has 0 radical (unpaired) electrons. The van der Waals surface area contributed by atoms with Crippen LogP contribution in [0.5, 0.6) is 0 Å². The van der Waals surface area contributed by atoms with E-state index in [4.69, 9.17) is 4.74 Å². The van der Waals surface area contributed by atoms with E-state index < -0.39 is 0 Å². The molecule has 2 atom stereocenters. The van der Waals surface area contributed by atoms with Crippen molar-refractivity contribution in [1.82, 2.24) is 10.2 Å². The van der Waals surface area contributed by atoms with E-state index in [1.807, 2.05) is 0 Å². The molecule has 0 spiro atoms. The maximum atomic E-state index is 12.0. The number of hydrogen-bond donors (Lipinski definition) is 1. The molecule has 0 bridgehead atoms. The van der Waals surface area contributed by atoms with Crippen LogP contribution in [0.15, 0.2) is 0 Å². The molecule has 0 aliphatic carbocycles. The topological polar surface area (TPSA) is 58.6 Å². The highest BCUT2D eigenvalue weighted by atomic mass is 16.5. The van der Waals surface area contributed by atoms with Crippen LogP contribution in [-0.2, 0) is 14.3 Å². The quantitative estimate of drug-likeness (QED) is 0.715. The number of hydrogen-bond acceptors (Lipinski definition) is 3. The van der Waals surface area contributed by atoms with E-state index in [0.717, 1.165) is 19.4 Å². The van der Waals surface area contributed by atoms with Crippen LogP contribution < -0.4 is 5.32 Å². The normalized spacial score (nSPS) is 30.3. The molecule has 5 heteroatoms. The number of amides is 2. The van der Waals surface area contributed by atoms with Gasteiger partial charge in [0.15, 0.2) is 0 Å². The Kier molecular flexibility index (Phi) is 3.43. The van der Waals surface area contributed by atoms with Crippen LogP contribution in [0.25, 0.3) is 0 Å². The van der Waals surface area contributed by atoms with Gasteiger partial charge in [0.25, 0.3) is 0 Å². The number of nitrogens with one attached hydrogen (secondary N) is 1. The van der Waals surface area contributed by atoms with Crippen molar-refractivity contribution in [3.63, 3.8) is 0 Å². The first-order valence-corrected chi connectivity index (χ1v) is 5.87. The van der Waals surface area contributed by atoms with Gasteiger partial charge in [-0.1, -0.05) is 0 Å². The lowest BCUT2D eigenvalue weighted by Gasteiger charge is -2.33. The Labute approximate surface area is 95.1 Å². The Morgan fingerprint density at radius 1 is 1.62 bits per heavy atom. The Hall–Kier alpha value is -1.10. The van der Waals surface area contributed by atoms with Crippen molar-refractivity contribution in [2.24, 2.45) is 0 Å². The van der Waals surface area contributed by atoms with Crippen molar-refractivity contribution < 1.29 is 14.3 Å². The highest BCUT2D eigenvalue weighted by Gasteiger charge is 2.31. The zero-order valence-electron chi connectivity index (χ0n) is 9.57. The number of carbonyl (C=O) groups is 2. The third kappa shape index (κ3) is 2.35. The lowest BCUT2D eigenvalue weighted by molar-refractivity contribution is -0.144. The summed E-state index contributed by atoms with van der Waals surface area (Å²) in [4.78, 5) is 25.0. The first kappa shape index (κ1) is 11.4. The van der Waals surface area contributed by atoms with Crippen LogP contribution in [0.1, 0.15) is 26.2 Å². The summed E-state index contributed by atoms with van der Waals surface area (Å²) in [6, 6.07) is -0.345. The summed E-state index contributed by atoms with van der Waals surface area (Å²) in [6.07, 6.45) is 2.47. The van der Waals surface area contributed by atoms with Crippen LogP contribution in [-0.4, -0.2) is 48.6 Å². The zero-order chi connectivity index (χ0) is 11.5.